The van der Waals surface area contributed by atoms with Crippen LogP contribution in [0, 0.1) is 0 Å². The number of aromatic nitrogens is 3. The van der Waals surface area contributed by atoms with Gasteiger partial charge in [0.25, 0.3) is 0 Å². The van der Waals surface area contributed by atoms with Gasteiger partial charge in [-0.15, -0.1) is 0 Å². The van der Waals surface area contributed by atoms with Crippen LogP contribution in [0.5, 0.6) is 0 Å². The summed E-state index contributed by atoms with van der Waals surface area (Å²) in [5, 5.41) is 9.05. The Bertz CT molecular complexity index is 1020. The molecule has 1 aliphatic carbocycles. The van der Waals surface area contributed by atoms with E-state index in [9.17, 15) is 9.59 Å². The first-order valence-corrected chi connectivity index (χ1v) is 10.9. The van der Waals surface area contributed by atoms with Crippen molar-refractivity contribution in [2.45, 2.75) is 70.0 Å². The van der Waals surface area contributed by atoms with Crippen molar-refractivity contribution < 1.29 is 14.3 Å². The lowest BCUT2D eigenvalue weighted by Crippen LogP contribution is -2.31. The summed E-state index contributed by atoms with van der Waals surface area (Å²) in [6.07, 6.45) is 8.15. The first kappa shape index (κ1) is 19.4. The number of carbonyl (C=O) groups is 2. The van der Waals surface area contributed by atoms with Gasteiger partial charge in [0.1, 0.15) is 11.5 Å². The molecule has 0 radical (unpaired) electrons. The molecule has 8 heteroatoms. The Kier molecular flexibility index (Phi) is 4.89. The van der Waals surface area contributed by atoms with E-state index >= 15 is 0 Å². The molecular formula is C22H27N5O3. The number of hydrogen-bond acceptors (Lipinski definition) is 7. The van der Waals surface area contributed by atoms with Gasteiger partial charge in [-0.25, -0.2) is 9.67 Å². The van der Waals surface area contributed by atoms with Gasteiger partial charge in [0.2, 0.25) is 0 Å². The van der Waals surface area contributed by atoms with Gasteiger partial charge in [-0.3, -0.25) is 14.6 Å². The van der Waals surface area contributed by atoms with E-state index in [1.165, 1.54) is 0 Å². The number of fused-ring (bicyclic) bond motifs is 1. The number of nitrogens with zero attached hydrogens (tertiary/aromatic N) is 4. The summed E-state index contributed by atoms with van der Waals surface area (Å²) in [6, 6.07) is 0.270. The molecule has 2 fully saturated rings. The zero-order valence-electron chi connectivity index (χ0n) is 17.3. The van der Waals surface area contributed by atoms with Crippen molar-refractivity contribution in [2.24, 2.45) is 4.99 Å². The van der Waals surface area contributed by atoms with E-state index in [2.05, 4.69) is 15.4 Å². The summed E-state index contributed by atoms with van der Waals surface area (Å²) in [5.74, 6) is 0.317. The molecular weight excluding hydrogens is 382 g/mol. The molecule has 0 atom stereocenters. The smallest absolute Gasteiger partial charge is 0.183 e. The molecule has 0 amide bonds. The van der Waals surface area contributed by atoms with Crippen LogP contribution in [0.15, 0.2) is 17.4 Å². The lowest BCUT2D eigenvalue weighted by atomic mass is 9.80. The number of carbonyl (C=O) groups excluding carboxylic acids is 2. The Morgan fingerprint density at radius 2 is 1.97 bits per heavy atom. The van der Waals surface area contributed by atoms with Crippen molar-refractivity contribution in [1.82, 2.24) is 14.8 Å². The molecule has 8 nitrogen and oxygen atoms in total. The zero-order chi connectivity index (χ0) is 20.7. The second kappa shape index (κ2) is 7.58. The number of ketones is 2. The van der Waals surface area contributed by atoms with E-state index in [1.54, 1.807) is 6.20 Å². The number of aryl methyl sites for hydroxylation is 1. The van der Waals surface area contributed by atoms with Crippen LogP contribution in [0.4, 0.5) is 5.69 Å². The Morgan fingerprint density at radius 1 is 1.20 bits per heavy atom. The van der Waals surface area contributed by atoms with E-state index < -0.39 is 5.54 Å². The summed E-state index contributed by atoms with van der Waals surface area (Å²) in [7, 11) is 0. The van der Waals surface area contributed by atoms with E-state index in [0.717, 1.165) is 54.9 Å². The number of rotatable bonds is 4. The first-order chi connectivity index (χ1) is 14.6. The summed E-state index contributed by atoms with van der Waals surface area (Å²) in [4.78, 5) is 34.3. The molecule has 4 heterocycles. The van der Waals surface area contributed by atoms with Crippen molar-refractivity contribution in [3.8, 4) is 0 Å². The minimum absolute atomic E-state index is 0.0448. The first-order valence-electron chi connectivity index (χ1n) is 10.9. The van der Waals surface area contributed by atoms with Gasteiger partial charge >= 0.3 is 0 Å². The Labute approximate surface area is 175 Å². The van der Waals surface area contributed by atoms with Crippen LogP contribution < -0.4 is 5.32 Å². The molecule has 2 aromatic rings. The van der Waals surface area contributed by atoms with Gasteiger partial charge in [0, 0.05) is 56.8 Å². The highest BCUT2D eigenvalue weighted by atomic mass is 16.5. The molecule has 0 bridgehead atoms. The van der Waals surface area contributed by atoms with Crippen LogP contribution in [-0.2, 0) is 20.9 Å². The van der Waals surface area contributed by atoms with Gasteiger partial charge in [-0.05, 0) is 32.6 Å². The molecule has 1 spiro atoms. The van der Waals surface area contributed by atoms with Gasteiger partial charge < -0.3 is 10.1 Å². The van der Waals surface area contributed by atoms with Gasteiger partial charge in [0.15, 0.2) is 11.4 Å². The third kappa shape index (κ3) is 3.33. The normalized spacial score (nSPS) is 22.1. The fourth-order valence-electron chi connectivity index (χ4n) is 4.85. The molecule has 1 saturated carbocycles. The highest BCUT2D eigenvalue weighted by Crippen LogP contribution is 2.40. The van der Waals surface area contributed by atoms with Crippen molar-refractivity contribution in [3.63, 3.8) is 0 Å². The summed E-state index contributed by atoms with van der Waals surface area (Å²) in [6.45, 7) is 4.22. The molecule has 158 valence electrons. The van der Waals surface area contributed by atoms with Gasteiger partial charge in [0.05, 0.1) is 22.8 Å². The molecule has 3 aliphatic rings. The highest BCUT2D eigenvalue weighted by molar-refractivity contribution is 6.49. The predicted octanol–water partition coefficient (Wildman–Crippen LogP) is 2.69. The molecule has 0 aromatic carbocycles. The van der Waals surface area contributed by atoms with Gasteiger partial charge in [-0.2, -0.15) is 5.10 Å². The van der Waals surface area contributed by atoms with Crippen LogP contribution in [0.1, 0.15) is 57.4 Å². The molecule has 1 N–H and O–H groups in total. The maximum Gasteiger partial charge on any atom is 0.183 e. The van der Waals surface area contributed by atoms with Crippen LogP contribution >= 0.6 is 0 Å². The number of nitrogens with one attached hydrogen (secondary N) is 1. The SMILES string of the molecule is CCn1ncc2c(NC3CCOCC3)c(C3=NC4(CCC(=O)CC4)CC3=O)cnc21. The fourth-order valence-corrected chi connectivity index (χ4v) is 4.85. The third-order valence-corrected chi connectivity index (χ3v) is 6.63. The second-order valence-corrected chi connectivity index (χ2v) is 8.60. The topological polar surface area (TPSA) is 98.5 Å². The summed E-state index contributed by atoms with van der Waals surface area (Å²) >= 11 is 0. The Balaban J connectivity index is 1.58. The van der Waals surface area contributed by atoms with E-state index in [1.807, 2.05) is 17.8 Å². The Morgan fingerprint density at radius 3 is 2.70 bits per heavy atom. The number of Topliss-reactive ketones (excluding diaryl/α,β-unsaturated/α-hetero) is 2. The van der Waals surface area contributed by atoms with Crippen LogP contribution in [0.3, 0.4) is 0 Å². The number of aliphatic imine (C=N–C) groups is 1. The molecule has 0 unspecified atom stereocenters. The number of hydrogen-bond donors (Lipinski definition) is 1. The number of pyridine rings is 1. The summed E-state index contributed by atoms with van der Waals surface area (Å²) < 4.78 is 7.37. The van der Waals surface area contributed by atoms with Crippen LogP contribution in [0.2, 0.25) is 0 Å². The van der Waals surface area contributed by atoms with E-state index in [0.29, 0.717) is 37.8 Å². The maximum atomic E-state index is 13.1. The molecule has 1 saturated heterocycles. The monoisotopic (exact) mass is 409 g/mol. The van der Waals surface area contributed by atoms with Crippen LogP contribution in [0.25, 0.3) is 11.0 Å². The van der Waals surface area contributed by atoms with E-state index in [4.69, 9.17) is 9.73 Å². The number of anilines is 1. The van der Waals surface area contributed by atoms with E-state index in [-0.39, 0.29) is 17.6 Å². The fraction of sp³-hybridized carbons (Fsp3) is 0.591. The lowest BCUT2D eigenvalue weighted by molar-refractivity contribution is -0.122. The molecule has 2 aromatic heterocycles. The minimum Gasteiger partial charge on any atom is -0.381 e. The second-order valence-electron chi connectivity index (χ2n) is 8.60. The van der Waals surface area contributed by atoms with Gasteiger partial charge in [-0.1, -0.05) is 0 Å². The lowest BCUT2D eigenvalue weighted by Gasteiger charge is -2.28. The minimum atomic E-state index is -0.418. The largest absolute Gasteiger partial charge is 0.381 e. The number of ether oxygens (including phenoxy) is 1. The van der Waals surface area contributed by atoms with Crippen molar-refractivity contribution >= 4 is 34.0 Å². The Hall–Kier alpha value is -2.61. The quantitative estimate of drug-likeness (QED) is 0.834. The zero-order valence-corrected chi connectivity index (χ0v) is 17.3. The van der Waals surface area contributed by atoms with Crippen molar-refractivity contribution in [3.05, 3.63) is 18.0 Å². The molecule has 30 heavy (non-hydrogen) atoms. The standard InChI is InChI=1S/C22H27N5O3/c1-2-27-21-17(13-24-27)19(25-14-5-9-30-10-6-14)16(12-23-21)20-18(29)11-22(26-20)7-3-15(28)4-8-22/h12-14H,2-11H2,1H3,(H,23,25). The average molecular weight is 409 g/mol. The van der Waals surface area contributed by atoms with Crippen LogP contribution in [-0.4, -0.2) is 56.8 Å². The third-order valence-electron chi connectivity index (χ3n) is 6.63. The summed E-state index contributed by atoms with van der Waals surface area (Å²) in [5.41, 5.74) is 2.53. The molecule has 5 rings (SSSR count). The average Bonchev–Trinajstić information content (AvgIpc) is 3.32. The molecule has 2 aliphatic heterocycles. The predicted molar refractivity (Wildman–Crippen MR) is 113 cm³/mol. The highest BCUT2D eigenvalue weighted by Gasteiger charge is 2.43. The van der Waals surface area contributed by atoms with Crippen molar-refractivity contribution in [1.29, 1.82) is 0 Å². The van der Waals surface area contributed by atoms with Crippen molar-refractivity contribution in [2.75, 3.05) is 18.5 Å². The maximum absolute atomic E-state index is 13.1.